The number of nitrogens with one attached hydrogen (secondary N) is 2. The number of hydrogen-bond acceptors (Lipinski definition) is 3. The smallest absolute Gasteiger partial charge is 0.0216 e. The van der Waals surface area contributed by atoms with E-state index in [4.69, 9.17) is 5.73 Å². The first-order valence-electron chi connectivity index (χ1n) is 4.91. The van der Waals surface area contributed by atoms with Crippen molar-refractivity contribution in [2.75, 3.05) is 19.6 Å². The molecule has 0 amide bonds. The van der Waals surface area contributed by atoms with Crippen LogP contribution in [0.5, 0.6) is 0 Å². The molecule has 0 aromatic rings. The van der Waals surface area contributed by atoms with Gasteiger partial charge in [0.15, 0.2) is 0 Å². The maximum absolute atomic E-state index is 5.49. The molecular weight excluding hydrogens is 150 g/mol. The average molecular weight is 171 g/mol. The molecule has 1 saturated heterocycles. The molecule has 0 saturated carbocycles. The zero-order valence-corrected chi connectivity index (χ0v) is 8.14. The Morgan fingerprint density at radius 2 is 2.08 bits per heavy atom. The van der Waals surface area contributed by atoms with Gasteiger partial charge in [0.1, 0.15) is 0 Å². The molecule has 2 atom stereocenters. The van der Waals surface area contributed by atoms with E-state index in [1.807, 2.05) is 0 Å². The van der Waals surface area contributed by atoms with Crippen molar-refractivity contribution in [3.05, 3.63) is 0 Å². The van der Waals surface area contributed by atoms with E-state index in [9.17, 15) is 0 Å². The highest BCUT2D eigenvalue weighted by Crippen LogP contribution is 2.05. The third kappa shape index (κ3) is 2.73. The van der Waals surface area contributed by atoms with E-state index >= 15 is 0 Å². The molecule has 3 heteroatoms. The van der Waals surface area contributed by atoms with Gasteiger partial charge in [-0.05, 0) is 18.9 Å². The van der Waals surface area contributed by atoms with E-state index in [2.05, 4.69) is 24.5 Å². The van der Waals surface area contributed by atoms with Gasteiger partial charge in [-0.3, -0.25) is 0 Å². The fourth-order valence-electron chi connectivity index (χ4n) is 1.61. The summed E-state index contributed by atoms with van der Waals surface area (Å²) in [5, 5.41) is 7.04. The summed E-state index contributed by atoms with van der Waals surface area (Å²) in [5.74, 6) is 0.719. The highest BCUT2D eigenvalue weighted by molar-refractivity contribution is 4.84. The molecular formula is C9H21N3. The quantitative estimate of drug-likeness (QED) is 0.557. The predicted molar refractivity (Wildman–Crippen MR) is 52.1 cm³/mol. The fraction of sp³-hybridized carbons (Fsp3) is 1.00. The van der Waals surface area contributed by atoms with Crippen LogP contribution in [0.4, 0.5) is 0 Å². The molecule has 1 aliphatic heterocycles. The van der Waals surface area contributed by atoms with Gasteiger partial charge < -0.3 is 16.4 Å². The van der Waals surface area contributed by atoms with Crippen molar-refractivity contribution in [2.24, 2.45) is 11.7 Å². The standard InChI is InChI=1S/C9H21N3/c1-7(2)9-6-11-8(3-4-10)5-12-9/h7-9,11-12H,3-6,10H2,1-2H3/t8-,9+/m0/s1. The van der Waals surface area contributed by atoms with Crippen molar-refractivity contribution in [1.29, 1.82) is 0 Å². The molecule has 3 nitrogen and oxygen atoms in total. The first kappa shape index (κ1) is 9.96. The minimum Gasteiger partial charge on any atom is -0.330 e. The molecule has 0 bridgehead atoms. The Balaban J connectivity index is 2.20. The van der Waals surface area contributed by atoms with Gasteiger partial charge in [-0.25, -0.2) is 0 Å². The van der Waals surface area contributed by atoms with Crippen LogP contribution >= 0.6 is 0 Å². The summed E-state index contributed by atoms with van der Waals surface area (Å²) in [7, 11) is 0. The van der Waals surface area contributed by atoms with Crippen LogP contribution < -0.4 is 16.4 Å². The molecule has 1 heterocycles. The van der Waals surface area contributed by atoms with Crippen LogP contribution in [0.25, 0.3) is 0 Å². The topological polar surface area (TPSA) is 50.1 Å². The third-order valence-corrected chi connectivity index (χ3v) is 2.57. The number of rotatable bonds is 3. The summed E-state index contributed by atoms with van der Waals surface area (Å²) in [6.07, 6.45) is 1.08. The second kappa shape index (κ2) is 4.80. The van der Waals surface area contributed by atoms with Gasteiger partial charge >= 0.3 is 0 Å². The summed E-state index contributed by atoms with van der Waals surface area (Å²) in [5.41, 5.74) is 5.49. The molecule has 0 aromatic heterocycles. The van der Waals surface area contributed by atoms with Gasteiger partial charge in [0, 0.05) is 25.2 Å². The molecule has 1 rings (SSSR count). The maximum Gasteiger partial charge on any atom is 0.0216 e. The van der Waals surface area contributed by atoms with Crippen molar-refractivity contribution in [3.63, 3.8) is 0 Å². The first-order chi connectivity index (χ1) is 5.74. The highest BCUT2D eigenvalue weighted by Gasteiger charge is 2.20. The SMILES string of the molecule is CC(C)[C@H]1CN[C@@H](CCN)CN1. The van der Waals surface area contributed by atoms with Crippen LogP contribution in [0.15, 0.2) is 0 Å². The Hall–Kier alpha value is -0.120. The Morgan fingerprint density at radius 3 is 2.50 bits per heavy atom. The minimum absolute atomic E-state index is 0.588. The minimum atomic E-state index is 0.588. The summed E-state index contributed by atoms with van der Waals surface area (Å²) >= 11 is 0. The van der Waals surface area contributed by atoms with E-state index in [0.29, 0.717) is 12.1 Å². The van der Waals surface area contributed by atoms with E-state index in [-0.39, 0.29) is 0 Å². The molecule has 0 unspecified atom stereocenters. The second-order valence-electron chi connectivity index (χ2n) is 3.94. The number of hydrogen-bond donors (Lipinski definition) is 3. The molecule has 72 valence electrons. The zero-order valence-electron chi connectivity index (χ0n) is 8.14. The lowest BCUT2D eigenvalue weighted by Crippen LogP contribution is -2.56. The zero-order chi connectivity index (χ0) is 8.97. The largest absolute Gasteiger partial charge is 0.330 e. The summed E-state index contributed by atoms with van der Waals surface area (Å²) in [6.45, 7) is 7.44. The third-order valence-electron chi connectivity index (χ3n) is 2.57. The number of nitrogens with two attached hydrogens (primary N) is 1. The van der Waals surface area contributed by atoms with Crippen molar-refractivity contribution in [3.8, 4) is 0 Å². The van der Waals surface area contributed by atoms with Crippen molar-refractivity contribution in [1.82, 2.24) is 10.6 Å². The lowest BCUT2D eigenvalue weighted by atomic mass is 10.0. The van der Waals surface area contributed by atoms with E-state index < -0.39 is 0 Å². The molecule has 1 fully saturated rings. The van der Waals surface area contributed by atoms with E-state index in [1.54, 1.807) is 0 Å². The molecule has 0 spiro atoms. The van der Waals surface area contributed by atoms with Crippen LogP contribution in [0.2, 0.25) is 0 Å². The predicted octanol–water partition coefficient (Wildman–Crippen LogP) is -0.0788. The Bertz CT molecular complexity index is 117. The Morgan fingerprint density at radius 1 is 1.33 bits per heavy atom. The lowest BCUT2D eigenvalue weighted by molar-refractivity contribution is 0.288. The van der Waals surface area contributed by atoms with Gasteiger partial charge in [-0.1, -0.05) is 13.8 Å². The van der Waals surface area contributed by atoms with Crippen molar-refractivity contribution >= 4 is 0 Å². The molecule has 0 aliphatic carbocycles. The van der Waals surface area contributed by atoms with Crippen molar-refractivity contribution in [2.45, 2.75) is 32.4 Å². The van der Waals surface area contributed by atoms with Gasteiger partial charge in [-0.15, -0.1) is 0 Å². The summed E-state index contributed by atoms with van der Waals surface area (Å²) in [4.78, 5) is 0. The molecule has 4 N–H and O–H groups in total. The van der Waals surface area contributed by atoms with Crippen LogP contribution in [-0.2, 0) is 0 Å². The average Bonchev–Trinajstić information content (AvgIpc) is 2.06. The van der Waals surface area contributed by atoms with E-state index in [1.165, 1.54) is 0 Å². The van der Waals surface area contributed by atoms with Crippen LogP contribution in [0.3, 0.4) is 0 Å². The van der Waals surface area contributed by atoms with Gasteiger partial charge in [-0.2, -0.15) is 0 Å². The summed E-state index contributed by atoms with van der Waals surface area (Å²) in [6, 6.07) is 1.23. The van der Waals surface area contributed by atoms with Crippen LogP contribution in [-0.4, -0.2) is 31.7 Å². The van der Waals surface area contributed by atoms with Crippen molar-refractivity contribution < 1.29 is 0 Å². The highest BCUT2D eigenvalue weighted by atomic mass is 15.1. The molecule has 1 aliphatic rings. The normalized spacial score (nSPS) is 31.0. The Labute approximate surface area is 75.1 Å². The lowest BCUT2D eigenvalue weighted by Gasteiger charge is -2.33. The first-order valence-corrected chi connectivity index (χ1v) is 4.91. The van der Waals surface area contributed by atoms with Gasteiger partial charge in [0.25, 0.3) is 0 Å². The van der Waals surface area contributed by atoms with Gasteiger partial charge in [0.05, 0.1) is 0 Å². The van der Waals surface area contributed by atoms with E-state index in [0.717, 1.165) is 32.0 Å². The molecule has 0 radical (unpaired) electrons. The van der Waals surface area contributed by atoms with Crippen LogP contribution in [0, 0.1) is 5.92 Å². The molecule has 12 heavy (non-hydrogen) atoms. The monoisotopic (exact) mass is 171 g/mol. The number of piperazine rings is 1. The maximum atomic E-state index is 5.49. The molecule has 0 aromatic carbocycles. The van der Waals surface area contributed by atoms with Gasteiger partial charge in [0.2, 0.25) is 0 Å². The fourth-order valence-corrected chi connectivity index (χ4v) is 1.61. The summed E-state index contributed by atoms with van der Waals surface area (Å²) < 4.78 is 0. The second-order valence-corrected chi connectivity index (χ2v) is 3.94. The Kier molecular flexibility index (Phi) is 3.98. The van der Waals surface area contributed by atoms with Crippen LogP contribution in [0.1, 0.15) is 20.3 Å².